The number of carbonyl (C=O) groups is 1. The summed E-state index contributed by atoms with van der Waals surface area (Å²) >= 11 is 5.87. The van der Waals surface area contributed by atoms with E-state index in [-0.39, 0.29) is 11.9 Å². The highest BCUT2D eigenvalue weighted by atomic mass is 35.5. The predicted octanol–water partition coefficient (Wildman–Crippen LogP) is 1.02. The number of imidazole rings is 1. The number of ether oxygens (including phenoxy) is 1. The third-order valence-electron chi connectivity index (χ3n) is 3.74. The zero-order valence-corrected chi connectivity index (χ0v) is 12.7. The summed E-state index contributed by atoms with van der Waals surface area (Å²) in [5, 5.41) is 0. The smallest absolute Gasteiger partial charge is 0.245 e. The number of likely N-dealkylation sites (N-methyl/N-ethyl adjacent to an activating group) is 1. The average Bonchev–Trinajstić information content (AvgIpc) is 3.00. The molecule has 2 aromatic heterocycles. The highest BCUT2D eigenvalue weighted by Gasteiger charge is 2.34. The lowest BCUT2D eigenvalue weighted by molar-refractivity contribution is -0.129. The molecule has 0 saturated carbocycles. The Kier molecular flexibility index (Phi) is 3.67. The Bertz CT molecular complexity index is 686. The molecule has 1 atom stereocenters. The van der Waals surface area contributed by atoms with Crippen molar-refractivity contribution in [3.8, 4) is 5.88 Å². The first kappa shape index (κ1) is 14.1. The molecule has 1 aliphatic rings. The van der Waals surface area contributed by atoms with Gasteiger partial charge in [-0.05, 0) is 6.42 Å². The van der Waals surface area contributed by atoms with Gasteiger partial charge in [0, 0.05) is 25.9 Å². The second-order valence-corrected chi connectivity index (χ2v) is 5.33. The Balaban J connectivity index is 2.19. The zero-order chi connectivity index (χ0) is 15.0. The van der Waals surface area contributed by atoms with Crippen molar-refractivity contribution in [1.82, 2.24) is 24.4 Å². The molecule has 0 aromatic carbocycles. The molecule has 0 N–H and O–H groups in total. The van der Waals surface area contributed by atoms with Gasteiger partial charge in [-0.15, -0.1) is 11.6 Å². The molecule has 21 heavy (non-hydrogen) atoms. The highest BCUT2D eigenvalue weighted by molar-refractivity contribution is 6.17. The summed E-state index contributed by atoms with van der Waals surface area (Å²) in [6, 6.07) is -0.280. The standard InChI is InChI=1S/C13H16ClN5O2/c1-18-6-4-8(13(18)20)19-9(3-5-14)17-10-11(19)15-7-16-12(10)21-2/h7-8H,3-6H2,1-2H3. The van der Waals surface area contributed by atoms with Gasteiger partial charge in [0.25, 0.3) is 0 Å². The maximum Gasteiger partial charge on any atom is 0.245 e. The van der Waals surface area contributed by atoms with E-state index in [0.717, 1.165) is 18.8 Å². The van der Waals surface area contributed by atoms with Crippen molar-refractivity contribution in [1.29, 1.82) is 0 Å². The Hall–Kier alpha value is -1.89. The van der Waals surface area contributed by atoms with Crippen molar-refractivity contribution in [3.05, 3.63) is 12.2 Å². The number of nitrogens with zero attached hydrogens (tertiary/aromatic N) is 5. The molecule has 3 rings (SSSR count). The molecular formula is C13H16ClN5O2. The quantitative estimate of drug-likeness (QED) is 0.788. The number of halogens is 1. The van der Waals surface area contributed by atoms with Crippen LogP contribution in [-0.4, -0.2) is 56.9 Å². The van der Waals surface area contributed by atoms with Crippen molar-refractivity contribution in [2.24, 2.45) is 0 Å². The van der Waals surface area contributed by atoms with Crippen LogP contribution in [0.2, 0.25) is 0 Å². The monoisotopic (exact) mass is 309 g/mol. The van der Waals surface area contributed by atoms with E-state index >= 15 is 0 Å². The van der Waals surface area contributed by atoms with E-state index in [1.54, 1.807) is 11.9 Å². The minimum atomic E-state index is -0.280. The number of aryl methyl sites for hydroxylation is 1. The molecule has 8 heteroatoms. The summed E-state index contributed by atoms with van der Waals surface area (Å²) < 4.78 is 7.11. The van der Waals surface area contributed by atoms with Gasteiger partial charge in [0.2, 0.25) is 11.8 Å². The number of methoxy groups -OCH3 is 1. The van der Waals surface area contributed by atoms with Gasteiger partial charge in [0.15, 0.2) is 11.2 Å². The number of aromatic nitrogens is 4. The minimum Gasteiger partial charge on any atom is -0.479 e. The van der Waals surface area contributed by atoms with Crippen LogP contribution in [0.4, 0.5) is 0 Å². The Morgan fingerprint density at radius 2 is 2.29 bits per heavy atom. The molecule has 0 spiro atoms. The van der Waals surface area contributed by atoms with Crippen LogP contribution in [0, 0.1) is 0 Å². The first-order valence-corrected chi connectivity index (χ1v) is 7.27. The Morgan fingerprint density at radius 1 is 1.48 bits per heavy atom. The number of alkyl halides is 1. The normalized spacial score (nSPS) is 18.7. The van der Waals surface area contributed by atoms with Gasteiger partial charge in [-0.2, -0.15) is 4.98 Å². The van der Waals surface area contributed by atoms with Gasteiger partial charge in [0.1, 0.15) is 18.2 Å². The van der Waals surface area contributed by atoms with Crippen molar-refractivity contribution >= 4 is 28.7 Å². The van der Waals surface area contributed by atoms with Crippen LogP contribution in [0.25, 0.3) is 11.2 Å². The molecule has 2 aromatic rings. The summed E-state index contributed by atoms with van der Waals surface area (Å²) in [6.07, 6.45) is 2.73. The van der Waals surface area contributed by atoms with Gasteiger partial charge in [-0.3, -0.25) is 9.36 Å². The SMILES string of the molecule is COc1ncnc2c1nc(CCCl)n2C1CCN(C)C1=O. The van der Waals surface area contributed by atoms with E-state index < -0.39 is 0 Å². The number of likely N-dealkylation sites (tertiary alicyclic amines) is 1. The summed E-state index contributed by atoms with van der Waals surface area (Å²) in [5.41, 5.74) is 1.19. The van der Waals surface area contributed by atoms with Crippen LogP contribution in [0.1, 0.15) is 18.3 Å². The zero-order valence-electron chi connectivity index (χ0n) is 11.9. The molecule has 1 fully saturated rings. The Morgan fingerprint density at radius 3 is 2.90 bits per heavy atom. The van der Waals surface area contributed by atoms with Crippen molar-refractivity contribution in [2.45, 2.75) is 18.9 Å². The lowest BCUT2D eigenvalue weighted by Crippen LogP contribution is -2.25. The maximum atomic E-state index is 12.3. The van der Waals surface area contributed by atoms with Crippen LogP contribution in [0.15, 0.2) is 6.33 Å². The lowest BCUT2D eigenvalue weighted by atomic mass is 10.2. The second kappa shape index (κ2) is 5.48. The maximum absolute atomic E-state index is 12.3. The summed E-state index contributed by atoms with van der Waals surface area (Å²) in [6.45, 7) is 0.728. The topological polar surface area (TPSA) is 73.1 Å². The highest BCUT2D eigenvalue weighted by Crippen LogP contribution is 2.30. The van der Waals surface area contributed by atoms with E-state index in [9.17, 15) is 4.79 Å². The summed E-state index contributed by atoms with van der Waals surface area (Å²) in [5.74, 6) is 1.65. The average molecular weight is 310 g/mol. The number of hydrogen-bond donors (Lipinski definition) is 0. The van der Waals surface area contributed by atoms with E-state index in [1.165, 1.54) is 13.4 Å². The second-order valence-electron chi connectivity index (χ2n) is 4.96. The largest absolute Gasteiger partial charge is 0.479 e. The molecule has 7 nitrogen and oxygen atoms in total. The van der Waals surface area contributed by atoms with Crippen LogP contribution < -0.4 is 4.74 Å². The number of carbonyl (C=O) groups excluding carboxylic acids is 1. The molecule has 0 radical (unpaired) electrons. The van der Waals surface area contributed by atoms with E-state index in [2.05, 4.69) is 15.0 Å². The molecule has 1 aliphatic heterocycles. The third kappa shape index (κ3) is 2.21. The third-order valence-corrected chi connectivity index (χ3v) is 3.93. The van der Waals surface area contributed by atoms with Crippen LogP contribution in [0.3, 0.4) is 0 Å². The van der Waals surface area contributed by atoms with Crippen LogP contribution >= 0.6 is 11.6 Å². The molecule has 1 saturated heterocycles. The van der Waals surface area contributed by atoms with Crippen molar-refractivity contribution in [2.75, 3.05) is 26.6 Å². The number of amides is 1. The molecular weight excluding hydrogens is 294 g/mol. The molecule has 1 unspecified atom stereocenters. The molecule has 3 heterocycles. The van der Waals surface area contributed by atoms with Crippen LogP contribution in [0.5, 0.6) is 5.88 Å². The fourth-order valence-electron chi connectivity index (χ4n) is 2.71. The number of fused-ring (bicyclic) bond motifs is 1. The summed E-state index contributed by atoms with van der Waals surface area (Å²) in [7, 11) is 3.34. The number of rotatable bonds is 4. The first-order valence-electron chi connectivity index (χ1n) is 6.74. The predicted molar refractivity (Wildman–Crippen MR) is 77.6 cm³/mol. The fraction of sp³-hybridized carbons (Fsp3) is 0.538. The van der Waals surface area contributed by atoms with Gasteiger partial charge in [-0.25, -0.2) is 9.97 Å². The number of hydrogen-bond acceptors (Lipinski definition) is 5. The van der Waals surface area contributed by atoms with Crippen molar-refractivity contribution < 1.29 is 9.53 Å². The molecule has 0 bridgehead atoms. The molecule has 0 aliphatic carbocycles. The first-order chi connectivity index (χ1) is 10.2. The van der Waals surface area contributed by atoms with E-state index in [4.69, 9.17) is 16.3 Å². The summed E-state index contributed by atoms with van der Waals surface area (Å²) in [4.78, 5) is 26.9. The van der Waals surface area contributed by atoms with E-state index in [0.29, 0.717) is 29.3 Å². The van der Waals surface area contributed by atoms with Crippen LogP contribution in [-0.2, 0) is 11.2 Å². The van der Waals surface area contributed by atoms with Gasteiger partial charge < -0.3 is 9.64 Å². The molecule has 1 amide bonds. The van der Waals surface area contributed by atoms with Gasteiger partial charge in [0.05, 0.1) is 7.11 Å². The van der Waals surface area contributed by atoms with Crippen molar-refractivity contribution in [3.63, 3.8) is 0 Å². The Labute approximate surface area is 126 Å². The fourth-order valence-corrected chi connectivity index (χ4v) is 2.88. The lowest BCUT2D eigenvalue weighted by Gasteiger charge is -2.14. The van der Waals surface area contributed by atoms with E-state index in [1.807, 2.05) is 4.57 Å². The van der Waals surface area contributed by atoms with Gasteiger partial charge in [-0.1, -0.05) is 0 Å². The van der Waals surface area contributed by atoms with Gasteiger partial charge >= 0.3 is 0 Å². The molecule has 112 valence electrons. The minimum absolute atomic E-state index is 0.0719.